The quantitative estimate of drug-likeness (QED) is 0.508. The number of aromatic carboxylic acids is 1. The van der Waals surface area contributed by atoms with E-state index in [1.807, 2.05) is 39.5 Å². The molecule has 2 aromatic rings. The van der Waals surface area contributed by atoms with Crippen LogP contribution >= 0.6 is 37.2 Å². The number of amides is 2. The summed E-state index contributed by atoms with van der Waals surface area (Å²) < 4.78 is 0. The highest BCUT2D eigenvalue weighted by Gasteiger charge is 2.24. The molecule has 1 aliphatic heterocycles. The molecule has 208 valence electrons. The number of benzene rings is 1. The molecule has 0 aliphatic carbocycles. The number of nitrogens with one attached hydrogen (secondary N) is 1. The van der Waals surface area contributed by atoms with Gasteiger partial charge >= 0.3 is 5.97 Å². The van der Waals surface area contributed by atoms with Gasteiger partial charge in [-0.15, -0.1) is 37.2 Å². The van der Waals surface area contributed by atoms with E-state index in [1.54, 1.807) is 24.3 Å². The number of nitrogens with zero attached hydrogens (tertiary/aromatic N) is 4. The van der Waals surface area contributed by atoms with Crippen molar-refractivity contribution in [2.75, 3.05) is 56.0 Å². The van der Waals surface area contributed by atoms with Gasteiger partial charge in [-0.3, -0.25) is 14.5 Å². The number of hydrogen-bond acceptors (Lipinski definition) is 6. The number of rotatable bonds is 7. The van der Waals surface area contributed by atoms with Crippen LogP contribution in [-0.4, -0.2) is 83.5 Å². The van der Waals surface area contributed by atoms with Gasteiger partial charge in [-0.05, 0) is 38.1 Å². The molecule has 0 saturated carbocycles. The molecule has 3 rings (SSSR count). The van der Waals surface area contributed by atoms with E-state index >= 15 is 0 Å². The molecule has 1 saturated heterocycles. The molecule has 0 radical (unpaired) electrons. The number of carboxylic acids is 1. The SMILES string of the molecule is CCN(CC)C(=O)CN1CCN(c2cc(C(=O)O)c3cc(NC(=O)C(C)(C)C)ccc3n2)CC1.Cl.Cl.Cl. The molecule has 2 heterocycles. The molecule has 1 aromatic carbocycles. The molecular weight excluding hydrogens is 541 g/mol. The predicted octanol–water partition coefficient (Wildman–Crippen LogP) is 4.17. The van der Waals surface area contributed by atoms with Gasteiger partial charge in [-0.1, -0.05) is 20.8 Å². The Hall–Kier alpha value is -2.33. The van der Waals surface area contributed by atoms with Crippen molar-refractivity contribution < 1.29 is 19.5 Å². The summed E-state index contributed by atoms with van der Waals surface area (Å²) in [5, 5.41) is 13.2. The highest BCUT2D eigenvalue weighted by molar-refractivity contribution is 6.05. The Morgan fingerprint density at radius 1 is 1.00 bits per heavy atom. The topological polar surface area (TPSA) is 106 Å². The van der Waals surface area contributed by atoms with E-state index in [9.17, 15) is 19.5 Å². The number of carboxylic acid groups (broad SMARTS) is 1. The molecule has 12 heteroatoms. The van der Waals surface area contributed by atoms with Crippen LogP contribution in [0.2, 0.25) is 0 Å². The largest absolute Gasteiger partial charge is 0.478 e. The van der Waals surface area contributed by atoms with Crippen LogP contribution in [-0.2, 0) is 9.59 Å². The lowest BCUT2D eigenvalue weighted by atomic mass is 9.95. The Balaban J connectivity index is 0.00000432. The number of anilines is 2. The normalized spacial score (nSPS) is 13.6. The Labute approximate surface area is 237 Å². The van der Waals surface area contributed by atoms with Crippen molar-refractivity contribution in [3.63, 3.8) is 0 Å². The van der Waals surface area contributed by atoms with Gasteiger partial charge in [0.15, 0.2) is 0 Å². The van der Waals surface area contributed by atoms with Crippen LogP contribution in [0.3, 0.4) is 0 Å². The van der Waals surface area contributed by atoms with Crippen LogP contribution in [0.25, 0.3) is 10.9 Å². The first-order valence-electron chi connectivity index (χ1n) is 11.8. The van der Waals surface area contributed by atoms with Crippen molar-refractivity contribution in [3.8, 4) is 0 Å². The fourth-order valence-corrected chi connectivity index (χ4v) is 3.95. The first-order valence-corrected chi connectivity index (χ1v) is 11.8. The molecule has 0 unspecified atom stereocenters. The zero-order valence-electron chi connectivity index (χ0n) is 21.9. The zero-order chi connectivity index (χ0) is 25.0. The van der Waals surface area contributed by atoms with E-state index in [4.69, 9.17) is 4.98 Å². The molecule has 9 nitrogen and oxygen atoms in total. The third-order valence-corrected chi connectivity index (χ3v) is 6.14. The molecule has 1 aliphatic rings. The summed E-state index contributed by atoms with van der Waals surface area (Å²) in [6, 6.07) is 6.74. The number of pyridine rings is 1. The fourth-order valence-electron chi connectivity index (χ4n) is 3.95. The summed E-state index contributed by atoms with van der Waals surface area (Å²) in [6.45, 7) is 13.9. The first-order chi connectivity index (χ1) is 16.0. The number of piperazine rings is 1. The summed E-state index contributed by atoms with van der Waals surface area (Å²) in [5.74, 6) is -0.460. The Morgan fingerprint density at radius 3 is 2.11 bits per heavy atom. The molecule has 2 N–H and O–H groups in total. The Bertz CT molecular complexity index is 1080. The number of carbonyl (C=O) groups is 3. The first kappa shape index (κ1) is 34.7. The number of hydrogen-bond donors (Lipinski definition) is 2. The van der Waals surface area contributed by atoms with Gasteiger partial charge in [0.1, 0.15) is 5.82 Å². The maximum absolute atomic E-state index is 12.4. The summed E-state index contributed by atoms with van der Waals surface area (Å²) in [5.41, 5.74) is 0.676. The monoisotopic (exact) mass is 577 g/mol. The molecule has 37 heavy (non-hydrogen) atoms. The minimum absolute atomic E-state index is 0. The van der Waals surface area contributed by atoms with Crippen LogP contribution in [0.5, 0.6) is 0 Å². The van der Waals surface area contributed by atoms with Crippen LogP contribution in [0.15, 0.2) is 24.3 Å². The Morgan fingerprint density at radius 2 is 1.59 bits per heavy atom. The fraction of sp³-hybridized carbons (Fsp3) is 0.520. The van der Waals surface area contributed by atoms with Crippen molar-refractivity contribution in [2.45, 2.75) is 34.6 Å². The molecular formula is C25H38Cl3N5O4. The maximum atomic E-state index is 12.4. The number of fused-ring (bicyclic) bond motifs is 1. The molecule has 1 aromatic heterocycles. The Kier molecular flexibility index (Phi) is 13.6. The van der Waals surface area contributed by atoms with Crippen molar-refractivity contribution >= 4 is 77.4 Å². The van der Waals surface area contributed by atoms with Crippen LogP contribution < -0.4 is 10.2 Å². The standard InChI is InChI=1S/C25H35N5O4.3ClH/c1-6-29(7-2)22(31)16-28-10-12-30(13-11-28)21-15-19(23(32)33)18-14-17(8-9-20(18)27-21)26-24(34)25(3,4)5;;;/h8-9,14-15H,6-7,10-13,16H2,1-5H3,(H,26,34)(H,32,33);3*1H. The lowest BCUT2D eigenvalue weighted by Crippen LogP contribution is -2.50. The van der Waals surface area contributed by atoms with Crippen LogP contribution in [0.1, 0.15) is 45.0 Å². The highest BCUT2D eigenvalue weighted by atomic mass is 35.5. The third kappa shape index (κ3) is 8.60. The van der Waals surface area contributed by atoms with Crippen molar-refractivity contribution in [2.24, 2.45) is 5.41 Å². The van der Waals surface area contributed by atoms with Gasteiger partial charge in [-0.25, -0.2) is 9.78 Å². The molecule has 2 amide bonds. The highest BCUT2D eigenvalue weighted by Crippen LogP contribution is 2.27. The van der Waals surface area contributed by atoms with Gasteiger partial charge in [-0.2, -0.15) is 0 Å². The predicted molar refractivity (Wildman–Crippen MR) is 155 cm³/mol. The van der Waals surface area contributed by atoms with E-state index in [0.717, 1.165) is 0 Å². The van der Waals surface area contributed by atoms with E-state index in [-0.39, 0.29) is 54.6 Å². The minimum Gasteiger partial charge on any atom is -0.478 e. The number of carbonyl (C=O) groups excluding carboxylic acids is 2. The van der Waals surface area contributed by atoms with Crippen LogP contribution in [0, 0.1) is 5.41 Å². The third-order valence-electron chi connectivity index (χ3n) is 6.14. The second-order valence-electron chi connectivity index (χ2n) is 9.60. The van der Waals surface area contributed by atoms with E-state index in [1.165, 1.54) is 0 Å². The lowest BCUT2D eigenvalue weighted by molar-refractivity contribution is -0.132. The second kappa shape index (κ2) is 14.6. The number of likely N-dealkylation sites (N-methyl/N-ethyl adjacent to an activating group) is 1. The molecule has 0 atom stereocenters. The second-order valence-corrected chi connectivity index (χ2v) is 9.60. The van der Waals surface area contributed by atoms with Gasteiger partial charge in [0.25, 0.3) is 0 Å². The minimum atomic E-state index is -1.04. The van der Waals surface area contributed by atoms with Gasteiger partial charge < -0.3 is 20.2 Å². The summed E-state index contributed by atoms with van der Waals surface area (Å²) in [4.78, 5) is 47.5. The average molecular weight is 579 g/mol. The number of halogens is 3. The van der Waals surface area contributed by atoms with E-state index in [2.05, 4.69) is 15.1 Å². The van der Waals surface area contributed by atoms with Crippen molar-refractivity contribution in [1.29, 1.82) is 0 Å². The smallest absolute Gasteiger partial charge is 0.336 e. The van der Waals surface area contributed by atoms with Crippen molar-refractivity contribution in [3.05, 3.63) is 29.8 Å². The van der Waals surface area contributed by atoms with E-state index < -0.39 is 11.4 Å². The molecule has 1 fully saturated rings. The number of aromatic nitrogens is 1. The van der Waals surface area contributed by atoms with Crippen molar-refractivity contribution in [1.82, 2.24) is 14.8 Å². The molecule has 0 bridgehead atoms. The molecule has 0 spiro atoms. The average Bonchev–Trinajstić information content (AvgIpc) is 2.79. The van der Waals surface area contributed by atoms with Gasteiger partial charge in [0.05, 0.1) is 17.6 Å². The van der Waals surface area contributed by atoms with Gasteiger partial charge in [0, 0.05) is 55.8 Å². The summed E-state index contributed by atoms with van der Waals surface area (Å²) in [6.07, 6.45) is 0. The lowest BCUT2D eigenvalue weighted by Gasteiger charge is -2.36. The van der Waals surface area contributed by atoms with Gasteiger partial charge in [0.2, 0.25) is 11.8 Å². The zero-order valence-corrected chi connectivity index (χ0v) is 24.4. The van der Waals surface area contributed by atoms with E-state index in [0.29, 0.717) is 68.2 Å². The van der Waals surface area contributed by atoms with Crippen LogP contribution in [0.4, 0.5) is 11.5 Å². The summed E-state index contributed by atoms with van der Waals surface area (Å²) >= 11 is 0. The maximum Gasteiger partial charge on any atom is 0.336 e. The summed E-state index contributed by atoms with van der Waals surface area (Å²) in [7, 11) is 0.